The Morgan fingerprint density at radius 1 is 1.89 bits per heavy atom. The highest BCUT2D eigenvalue weighted by molar-refractivity contribution is 9.12. The summed E-state index contributed by atoms with van der Waals surface area (Å²) in [5.41, 5.74) is 0.796. The van der Waals surface area contributed by atoms with Crippen LogP contribution >= 0.6 is 15.9 Å². The molecule has 1 rings (SSSR count). The minimum absolute atomic E-state index is 0.334. The number of hydrogen-bond acceptors (Lipinski definition) is 3. The van der Waals surface area contributed by atoms with Crippen molar-refractivity contribution >= 4 is 22.1 Å². The second-order valence-corrected chi connectivity index (χ2v) is 2.64. The Morgan fingerprint density at radius 2 is 2.56 bits per heavy atom. The van der Waals surface area contributed by atoms with Gasteiger partial charge in [-0.15, -0.1) is 0 Å². The van der Waals surface area contributed by atoms with Crippen molar-refractivity contribution in [2.45, 2.75) is 6.92 Å². The van der Waals surface area contributed by atoms with Crippen LogP contribution in [0.2, 0.25) is 0 Å². The van der Waals surface area contributed by atoms with Crippen LogP contribution in [0, 0.1) is 0 Å². The number of hydrogen-bond donors (Lipinski definition) is 1. The molecule has 4 heteroatoms. The summed E-state index contributed by atoms with van der Waals surface area (Å²) in [6.45, 7) is 2.15. The van der Waals surface area contributed by atoms with Crippen LogP contribution in [0.15, 0.2) is 15.2 Å². The number of aliphatic imine (C=N–C) groups is 1. The second-order valence-electron chi connectivity index (χ2n) is 1.79. The van der Waals surface area contributed by atoms with Gasteiger partial charge in [-0.3, -0.25) is 10.2 Å². The normalized spacial score (nSPS) is 19.2. The average Bonchev–Trinajstić information content (AvgIpc) is 1.83. The Bertz CT molecular complexity index is 176. The van der Waals surface area contributed by atoms with Crippen molar-refractivity contribution in [2.24, 2.45) is 4.99 Å². The predicted molar refractivity (Wildman–Crippen MR) is 38.6 cm³/mol. The highest BCUT2D eigenvalue weighted by Crippen LogP contribution is 2.15. The average molecular weight is 191 g/mol. The van der Waals surface area contributed by atoms with E-state index in [1.165, 1.54) is 0 Å². The number of allylic oxidation sites excluding steroid dienone is 2. The molecular weight excluding hydrogens is 184 g/mol. The van der Waals surface area contributed by atoms with Gasteiger partial charge in [0, 0.05) is 6.21 Å². The number of halogens is 1. The van der Waals surface area contributed by atoms with Gasteiger partial charge in [0.25, 0.3) is 0 Å². The molecule has 1 heterocycles. The molecule has 0 fully saturated rings. The zero-order valence-electron chi connectivity index (χ0n) is 5.00. The Kier molecular flexibility index (Phi) is 1.87. The topological polar surface area (TPSA) is 35.8 Å². The van der Waals surface area contributed by atoms with Crippen molar-refractivity contribution in [2.75, 3.05) is 6.67 Å². The largest absolute Gasteiger partial charge is 0.287 e. The third-order valence-electron chi connectivity index (χ3n) is 1.15. The fraction of sp³-hybridized carbons (Fsp3) is 0.400. The van der Waals surface area contributed by atoms with Crippen molar-refractivity contribution in [3.05, 3.63) is 10.2 Å². The summed E-state index contributed by atoms with van der Waals surface area (Å²) in [6, 6.07) is 0. The molecule has 0 aliphatic carbocycles. The Balaban J connectivity index is 2.83. The van der Waals surface area contributed by atoms with E-state index >= 15 is 0 Å². The third-order valence-corrected chi connectivity index (χ3v) is 1.93. The number of hydroxylamine groups is 2. The molecule has 1 N–H and O–H groups in total. The van der Waals surface area contributed by atoms with Crippen LogP contribution in [0.4, 0.5) is 0 Å². The quantitative estimate of drug-likeness (QED) is 0.627. The van der Waals surface area contributed by atoms with Crippen molar-refractivity contribution in [3.63, 3.8) is 0 Å². The molecule has 0 unspecified atom stereocenters. The summed E-state index contributed by atoms with van der Waals surface area (Å²) in [7, 11) is 0. The van der Waals surface area contributed by atoms with Crippen LogP contribution in [0.1, 0.15) is 6.92 Å². The maximum Gasteiger partial charge on any atom is 0.135 e. The van der Waals surface area contributed by atoms with Gasteiger partial charge in [0.2, 0.25) is 0 Å². The van der Waals surface area contributed by atoms with Gasteiger partial charge < -0.3 is 0 Å². The molecule has 0 aromatic carbocycles. The lowest BCUT2D eigenvalue weighted by atomic mass is 10.4. The fourth-order valence-electron chi connectivity index (χ4n) is 0.521. The summed E-state index contributed by atoms with van der Waals surface area (Å²) in [5.74, 6) is 0. The molecular formula is C5H7BrN2O. The van der Waals surface area contributed by atoms with Crippen LogP contribution in [-0.4, -0.2) is 23.2 Å². The lowest BCUT2D eigenvalue weighted by Crippen LogP contribution is -2.20. The van der Waals surface area contributed by atoms with Crippen LogP contribution in [0.5, 0.6) is 0 Å². The molecule has 50 valence electrons. The van der Waals surface area contributed by atoms with Crippen LogP contribution < -0.4 is 0 Å². The van der Waals surface area contributed by atoms with Crippen LogP contribution in [0.3, 0.4) is 0 Å². The zero-order valence-corrected chi connectivity index (χ0v) is 6.59. The van der Waals surface area contributed by atoms with Gasteiger partial charge >= 0.3 is 0 Å². The molecule has 0 aromatic heterocycles. The molecule has 0 atom stereocenters. The van der Waals surface area contributed by atoms with Crippen LogP contribution in [-0.2, 0) is 0 Å². The smallest absolute Gasteiger partial charge is 0.135 e. The maximum atomic E-state index is 8.98. The highest BCUT2D eigenvalue weighted by Gasteiger charge is 2.07. The first-order valence-corrected chi connectivity index (χ1v) is 3.33. The fourth-order valence-corrected chi connectivity index (χ4v) is 0.871. The molecule has 1 aliphatic heterocycles. The van der Waals surface area contributed by atoms with Gasteiger partial charge in [-0.1, -0.05) is 0 Å². The molecule has 0 amide bonds. The van der Waals surface area contributed by atoms with E-state index < -0.39 is 0 Å². The van der Waals surface area contributed by atoms with Gasteiger partial charge in [0.15, 0.2) is 0 Å². The number of rotatable bonds is 0. The molecule has 0 radical (unpaired) electrons. The van der Waals surface area contributed by atoms with Gasteiger partial charge in [-0.25, -0.2) is 5.06 Å². The summed E-state index contributed by atoms with van der Waals surface area (Å²) in [5, 5.41) is 10.1. The third kappa shape index (κ3) is 1.31. The van der Waals surface area contributed by atoms with E-state index in [0.29, 0.717) is 6.67 Å². The molecule has 0 bridgehead atoms. The van der Waals surface area contributed by atoms with Crippen molar-refractivity contribution in [1.29, 1.82) is 0 Å². The van der Waals surface area contributed by atoms with E-state index in [2.05, 4.69) is 20.9 Å². The zero-order chi connectivity index (χ0) is 6.85. The Morgan fingerprint density at radius 3 is 3.00 bits per heavy atom. The lowest BCUT2D eigenvalue weighted by molar-refractivity contribution is -0.0532. The van der Waals surface area contributed by atoms with Gasteiger partial charge in [-0.2, -0.15) is 0 Å². The first-order chi connectivity index (χ1) is 4.22. The molecule has 0 spiro atoms. The van der Waals surface area contributed by atoms with E-state index in [1.54, 1.807) is 6.21 Å². The summed E-state index contributed by atoms with van der Waals surface area (Å²) >= 11 is 3.22. The van der Waals surface area contributed by atoms with Crippen molar-refractivity contribution < 1.29 is 5.21 Å². The van der Waals surface area contributed by atoms with Crippen molar-refractivity contribution in [3.8, 4) is 0 Å². The Labute approximate surface area is 61.8 Å². The SMILES string of the molecule is CC1=C(Br)C=NCN1O. The first-order valence-electron chi connectivity index (χ1n) is 2.54. The maximum absolute atomic E-state index is 8.98. The van der Waals surface area contributed by atoms with Crippen molar-refractivity contribution in [1.82, 2.24) is 5.06 Å². The summed E-state index contributed by atoms with van der Waals surface area (Å²) < 4.78 is 0.830. The Hall–Kier alpha value is -0.350. The van der Waals surface area contributed by atoms with Gasteiger partial charge in [-0.05, 0) is 22.9 Å². The van der Waals surface area contributed by atoms with Crippen LogP contribution in [0.25, 0.3) is 0 Å². The predicted octanol–water partition coefficient (Wildman–Crippen LogP) is 1.35. The molecule has 9 heavy (non-hydrogen) atoms. The number of nitrogens with zero attached hydrogens (tertiary/aromatic N) is 2. The van der Waals surface area contributed by atoms with E-state index in [0.717, 1.165) is 15.2 Å². The van der Waals surface area contributed by atoms with E-state index in [-0.39, 0.29) is 0 Å². The second kappa shape index (κ2) is 2.49. The minimum Gasteiger partial charge on any atom is -0.287 e. The summed E-state index contributed by atoms with van der Waals surface area (Å²) in [4.78, 5) is 3.84. The van der Waals surface area contributed by atoms with E-state index in [4.69, 9.17) is 5.21 Å². The van der Waals surface area contributed by atoms with Gasteiger partial charge in [0.1, 0.15) is 6.67 Å². The molecule has 0 saturated carbocycles. The van der Waals surface area contributed by atoms with Gasteiger partial charge in [0.05, 0.1) is 10.2 Å². The van der Waals surface area contributed by atoms with E-state index in [1.807, 2.05) is 6.92 Å². The molecule has 3 nitrogen and oxygen atoms in total. The molecule has 0 saturated heterocycles. The molecule has 1 aliphatic rings. The highest BCUT2D eigenvalue weighted by atomic mass is 79.9. The minimum atomic E-state index is 0.334. The standard InChI is InChI=1S/C5H7BrN2O/c1-4-5(6)2-7-3-8(4)9/h2,9H,3H2,1H3. The van der Waals surface area contributed by atoms with E-state index in [9.17, 15) is 0 Å². The monoisotopic (exact) mass is 190 g/mol. The summed E-state index contributed by atoms with van der Waals surface area (Å²) in [6.07, 6.45) is 1.68. The first kappa shape index (κ1) is 6.77. The lowest BCUT2D eigenvalue weighted by Gasteiger charge is -2.18. The molecule has 0 aromatic rings.